The number of phenolic OH excluding ortho intramolecular Hbond substituents is 1. The second-order valence-corrected chi connectivity index (χ2v) is 4.68. The van der Waals surface area contributed by atoms with E-state index in [1.165, 1.54) is 12.8 Å². The molecule has 1 aromatic rings. The topological polar surface area (TPSA) is 60.0 Å². The van der Waals surface area contributed by atoms with Gasteiger partial charge in [0.05, 0.1) is 6.10 Å². The number of nitrogens with one attached hydrogen (secondary N) is 1. The molecule has 3 rings (SSSR count). The summed E-state index contributed by atoms with van der Waals surface area (Å²) in [5.74, 6) is 1.46. The lowest BCUT2D eigenvalue weighted by molar-refractivity contribution is -0.0246. The number of fused-ring (bicyclic) bond motifs is 1. The van der Waals surface area contributed by atoms with E-state index in [1.807, 2.05) is 0 Å². The third-order valence-corrected chi connectivity index (χ3v) is 3.39. The Kier molecular flexibility index (Phi) is 3.25. The Balaban J connectivity index is 1.58. The Morgan fingerprint density at radius 3 is 2.72 bits per heavy atom. The van der Waals surface area contributed by atoms with Gasteiger partial charge in [-0.1, -0.05) is 12.8 Å². The number of hydroxylamine groups is 1. The number of rotatable bonds is 4. The van der Waals surface area contributed by atoms with Gasteiger partial charge in [-0.3, -0.25) is 4.84 Å². The highest BCUT2D eigenvalue weighted by Crippen LogP contribution is 2.37. The third kappa shape index (κ3) is 2.37. The van der Waals surface area contributed by atoms with E-state index >= 15 is 0 Å². The van der Waals surface area contributed by atoms with Crippen molar-refractivity contribution in [1.82, 2.24) is 5.48 Å². The molecule has 1 aliphatic carbocycles. The van der Waals surface area contributed by atoms with Gasteiger partial charge in [0.25, 0.3) is 0 Å². The fourth-order valence-electron chi connectivity index (χ4n) is 2.36. The van der Waals surface area contributed by atoms with E-state index in [9.17, 15) is 5.11 Å². The van der Waals surface area contributed by atoms with Gasteiger partial charge in [-0.15, -0.1) is 0 Å². The van der Waals surface area contributed by atoms with Crippen molar-refractivity contribution < 1.29 is 19.4 Å². The standard InChI is InChI=1S/C13H17NO4/c15-11-6-13-12(16-8-17-13)5-9(11)7-14-18-10-3-1-2-4-10/h5-6,10,14-15H,1-4,7-8H2. The van der Waals surface area contributed by atoms with Gasteiger partial charge in [0.1, 0.15) is 5.75 Å². The van der Waals surface area contributed by atoms with Crippen LogP contribution in [0.15, 0.2) is 12.1 Å². The molecule has 0 radical (unpaired) electrons. The zero-order valence-electron chi connectivity index (χ0n) is 10.1. The normalized spacial score (nSPS) is 18.4. The Bertz CT molecular complexity index is 429. The zero-order chi connectivity index (χ0) is 12.4. The summed E-state index contributed by atoms with van der Waals surface area (Å²) in [7, 11) is 0. The maximum Gasteiger partial charge on any atom is 0.231 e. The maximum atomic E-state index is 9.84. The molecule has 1 aliphatic heterocycles. The largest absolute Gasteiger partial charge is 0.507 e. The van der Waals surface area contributed by atoms with Gasteiger partial charge in [-0.2, -0.15) is 5.48 Å². The van der Waals surface area contributed by atoms with Gasteiger partial charge in [-0.05, 0) is 18.9 Å². The number of benzene rings is 1. The van der Waals surface area contributed by atoms with Crippen LogP contribution in [0.5, 0.6) is 17.2 Å². The van der Waals surface area contributed by atoms with Crippen LogP contribution in [0, 0.1) is 0 Å². The molecular formula is C13H17NO4. The minimum absolute atomic E-state index is 0.196. The van der Waals surface area contributed by atoms with Gasteiger partial charge in [0.2, 0.25) is 6.79 Å². The molecule has 0 unspecified atom stereocenters. The molecule has 5 heteroatoms. The molecule has 5 nitrogen and oxygen atoms in total. The van der Waals surface area contributed by atoms with E-state index in [0.717, 1.165) is 18.4 Å². The quantitative estimate of drug-likeness (QED) is 0.802. The fraction of sp³-hybridized carbons (Fsp3) is 0.538. The third-order valence-electron chi connectivity index (χ3n) is 3.39. The summed E-state index contributed by atoms with van der Waals surface area (Å²) in [6.45, 7) is 0.670. The first-order valence-corrected chi connectivity index (χ1v) is 6.33. The van der Waals surface area contributed by atoms with Crippen LogP contribution < -0.4 is 15.0 Å². The summed E-state index contributed by atoms with van der Waals surface area (Å²) in [4.78, 5) is 5.55. The first-order valence-electron chi connectivity index (χ1n) is 6.33. The lowest BCUT2D eigenvalue weighted by atomic mass is 10.2. The fourth-order valence-corrected chi connectivity index (χ4v) is 2.36. The van der Waals surface area contributed by atoms with Crippen molar-refractivity contribution >= 4 is 0 Å². The molecule has 0 aromatic heterocycles. The van der Waals surface area contributed by atoms with Crippen molar-refractivity contribution in [3.05, 3.63) is 17.7 Å². The van der Waals surface area contributed by atoms with Crippen LogP contribution in [-0.2, 0) is 11.4 Å². The molecule has 0 atom stereocenters. The highest BCUT2D eigenvalue weighted by molar-refractivity contribution is 5.51. The first kappa shape index (κ1) is 11.6. The van der Waals surface area contributed by atoms with Gasteiger partial charge in [0.15, 0.2) is 11.5 Å². The van der Waals surface area contributed by atoms with Crippen molar-refractivity contribution in [3.8, 4) is 17.2 Å². The van der Waals surface area contributed by atoms with Crippen LogP contribution in [0.3, 0.4) is 0 Å². The summed E-state index contributed by atoms with van der Waals surface area (Å²) in [5.41, 5.74) is 3.67. The zero-order valence-corrected chi connectivity index (χ0v) is 10.1. The minimum atomic E-state index is 0.196. The summed E-state index contributed by atoms with van der Waals surface area (Å²) in [6.07, 6.45) is 5.00. The van der Waals surface area contributed by atoms with Crippen LogP contribution in [0.1, 0.15) is 31.2 Å². The van der Waals surface area contributed by atoms with Gasteiger partial charge in [0, 0.05) is 18.2 Å². The van der Waals surface area contributed by atoms with Crippen molar-refractivity contribution in [1.29, 1.82) is 0 Å². The maximum absolute atomic E-state index is 9.84. The van der Waals surface area contributed by atoms with Gasteiger partial charge in [-0.25, -0.2) is 0 Å². The van der Waals surface area contributed by atoms with Gasteiger partial charge >= 0.3 is 0 Å². The van der Waals surface area contributed by atoms with Crippen molar-refractivity contribution in [2.45, 2.75) is 38.3 Å². The van der Waals surface area contributed by atoms with Crippen LogP contribution in [0.2, 0.25) is 0 Å². The Hall–Kier alpha value is -1.46. The predicted molar refractivity (Wildman–Crippen MR) is 64.4 cm³/mol. The number of hydrogen-bond acceptors (Lipinski definition) is 5. The summed E-state index contributed by atoms with van der Waals surface area (Å²) in [5, 5.41) is 9.84. The highest BCUT2D eigenvalue weighted by Gasteiger charge is 2.18. The van der Waals surface area contributed by atoms with E-state index < -0.39 is 0 Å². The summed E-state index contributed by atoms with van der Waals surface area (Å²) in [6, 6.07) is 3.36. The molecule has 2 N–H and O–H groups in total. The molecule has 1 saturated carbocycles. The molecule has 18 heavy (non-hydrogen) atoms. The Morgan fingerprint density at radius 1 is 1.22 bits per heavy atom. The smallest absolute Gasteiger partial charge is 0.231 e. The molecule has 1 heterocycles. The molecule has 0 saturated heterocycles. The second kappa shape index (κ2) is 5.04. The monoisotopic (exact) mass is 251 g/mol. The average molecular weight is 251 g/mol. The van der Waals surface area contributed by atoms with Crippen LogP contribution in [0.25, 0.3) is 0 Å². The summed E-state index contributed by atoms with van der Waals surface area (Å²) < 4.78 is 10.5. The van der Waals surface area contributed by atoms with Crippen molar-refractivity contribution in [2.24, 2.45) is 0 Å². The van der Waals surface area contributed by atoms with E-state index in [2.05, 4.69) is 5.48 Å². The Labute approximate surface area is 106 Å². The number of hydrogen-bond donors (Lipinski definition) is 2. The number of phenols is 1. The molecular weight excluding hydrogens is 234 g/mol. The lowest BCUT2D eigenvalue weighted by Crippen LogP contribution is -2.21. The minimum Gasteiger partial charge on any atom is -0.507 e. The van der Waals surface area contributed by atoms with E-state index in [1.54, 1.807) is 12.1 Å². The van der Waals surface area contributed by atoms with E-state index in [4.69, 9.17) is 14.3 Å². The van der Waals surface area contributed by atoms with Crippen LogP contribution >= 0.6 is 0 Å². The lowest BCUT2D eigenvalue weighted by Gasteiger charge is -2.12. The van der Waals surface area contributed by atoms with Crippen LogP contribution in [-0.4, -0.2) is 18.0 Å². The Morgan fingerprint density at radius 2 is 1.94 bits per heavy atom. The molecule has 1 fully saturated rings. The van der Waals surface area contributed by atoms with Crippen molar-refractivity contribution in [3.63, 3.8) is 0 Å². The molecule has 2 aliphatic rings. The summed E-state index contributed by atoms with van der Waals surface area (Å²) >= 11 is 0. The molecule has 0 bridgehead atoms. The number of ether oxygens (including phenoxy) is 2. The molecule has 98 valence electrons. The van der Waals surface area contributed by atoms with E-state index in [-0.39, 0.29) is 12.5 Å². The van der Waals surface area contributed by atoms with Gasteiger partial charge < -0.3 is 14.6 Å². The molecule has 1 aromatic carbocycles. The average Bonchev–Trinajstić information content (AvgIpc) is 3.00. The number of aromatic hydroxyl groups is 1. The predicted octanol–water partition coefficient (Wildman–Crippen LogP) is 2.08. The highest BCUT2D eigenvalue weighted by atomic mass is 16.7. The van der Waals surface area contributed by atoms with Crippen molar-refractivity contribution in [2.75, 3.05) is 6.79 Å². The first-order chi connectivity index (χ1) is 8.83. The van der Waals surface area contributed by atoms with Crippen LogP contribution in [0.4, 0.5) is 0 Å². The molecule has 0 spiro atoms. The second-order valence-electron chi connectivity index (χ2n) is 4.68. The SMILES string of the molecule is Oc1cc2c(cc1CNOC1CCCC1)OCO2. The van der Waals surface area contributed by atoms with E-state index in [0.29, 0.717) is 24.1 Å². The molecule has 0 amide bonds.